The highest BCUT2D eigenvalue weighted by Gasteiger charge is 2.30. The number of rotatable bonds is 7. The molecule has 0 aromatic heterocycles. The normalized spacial score (nSPS) is 24.1. The molecular formula is C12H26N2O3S. The van der Waals surface area contributed by atoms with Crippen LogP contribution in [0.25, 0.3) is 0 Å². The van der Waals surface area contributed by atoms with Gasteiger partial charge in [0.05, 0.1) is 5.75 Å². The van der Waals surface area contributed by atoms with E-state index in [1.54, 1.807) is 11.4 Å². The van der Waals surface area contributed by atoms with Crippen LogP contribution in [0.4, 0.5) is 0 Å². The van der Waals surface area contributed by atoms with Crippen LogP contribution in [0.3, 0.4) is 0 Å². The molecule has 0 spiro atoms. The molecule has 108 valence electrons. The smallest absolute Gasteiger partial charge is 0.214 e. The summed E-state index contributed by atoms with van der Waals surface area (Å²) in [4.78, 5) is 0. The summed E-state index contributed by atoms with van der Waals surface area (Å²) in [5.41, 5.74) is 0. The summed E-state index contributed by atoms with van der Waals surface area (Å²) in [7, 11) is 0.418. The van der Waals surface area contributed by atoms with E-state index in [4.69, 9.17) is 4.74 Å². The Labute approximate surface area is 111 Å². The molecule has 2 atom stereocenters. The molecule has 1 fully saturated rings. The van der Waals surface area contributed by atoms with Crippen molar-refractivity contribution in [3.8, 4) is 0 Å². The largest absolute Gasteiger partial charge is 0.385 e. The molecule has 18 heavy (non-hydrogen) atoms. The number of piperidine rings is 1. The Hall–Kier alpha value is -0.170. The Morgan fingerprint density at radius 2 is 2.22 bits per heavy atom. The Morgan fingerprint density at radius 1 is 1.50 bits per heavy atom. The lowest BCUT2D eigenvalue weighted by Gasteiger charge is -2.34. The van der Waals surface area contributed by atoms with Crippen molar-refractivity contribution in [3.05, 3.63) is 0 Å². The molecule has 6 heteroatoms. The van der Waals surface area contributed by atoms with Crippen molar-refractivity contribution in [1.82, 2.24) is 9.62 Å². The molecule has 1 heterocycles. The van der Waals surface area contributed by atoms with Crippen LogP contribution in [0.1, 0.15) is 26.2 Å². The summed E-state index contributed by atoms with van der Waals surface area (Å²) in [6.45, 7) is 3.94. The van der Waals surface area contributed by atoms with Crippen molar-refractivity contribution in [2.45, 2.75) is 32.2 Å². The van der Waals surface area contributed by atoms with Gasteiger partial charge in [-0.05, 0) is 39.2 Å². The second kappa shape index (κ2) is 7.43. The van der Waals surface area contributed by atoms with Crippen LogP contribution in [0, 0.1) is 5.92 Å². The molecular weight excluding hydrogens is 252 g/mol. The average molecular weight is 278 g/mol. The zero-order valence-corrected chi connectivity index (χ0v) is 12.5. The number of hydrogen-bond donors (Lipinski definition) is 1. The summed E-state index contributed by atoms with van der Waals surface area (Å²) >= 11 is 0. The van der Waals surface area contributed by atoms with Crippen LogP contribution in [0.15, 0.2) is 0 Å². The van der Waals surface area contributed by atoms with Gasteiger partial charge in [0.15, 0.2) is 0 Å². The molecule has 2 unspecified atom stereocenters. The van der Waals surface area contributed by atoms with Crippen LogP contribution < -0.4 is 5.32 Å². The standard InChI is InChI=1S/C12H26N2O3S/c1-11(13-2)12-6-4-7-14(10-12)18(15,16)9-5-8-17-3/h11-13H,4-10H2,1-3H3. The molecule has 0 aromatic carbocycles. The number of hydrogen-bond acceptors (Lipinski definition) is 4. The van der Waals surface area contributed by atoms with Gasteiger partial charge in [0, 0.05) is 32.8 Å². The second-order valence-corrected chi connectivity index (χ2v) is 7.09. The van der Waals surface area contributed by atoms with E-state index in [9.17, 15) is 8.42 Å². The van der Waals surface area contributed by atoms with Crippen LogP contribution in [-0.4, -0.2) is 58.4 Å². The highest BCUT2D eigenvalue weighted by Crippen LogP contribution is 2.22. The Bertz CT molecular complexity index is 332. The quantitative estimate of drug-likeness (QED) is 0.696. The van der Waals surface area contributed by atoms with Crippen molar-refractivity contribution in [2.24, 2.45) is 5.92 Å². The summed E-state index contributed by atoms with van der Waals surface area (Å²) < 4.78 is 30.9. The maximum Gasteiger partial charge on any atom is 0.214 e. The minimum atomic E-state index is -3.10. The summed E-state index contributed by atoms with van der Waals surface area (Å²) in [5.74, 6) is 0.613. The predicted octanol–water partition coefficient (Wildman–Crippen LogP) is 0.673. The van der Waals surface area contributed by atoms with E-state index in [0.29, 0.717) is 38.1 Å². The number of nitrogens with one attached hydrogen (secondary N) is 1. The molecule has 1 aliphatic heterocycles. The summed E-state index contributed by atoms with van der Waals surface area (Å²) in [6.07, 6.45) is 2.63. The van der Waals surface area contributed by atoms with Gasteiger partial charge < -0.3 is 10.1 Å². The lowest BCUT2D eigenvalue weighted by Crippen LogP contribution is -2.46. The molecule has 5 nitrogen and oxygen atoms in total. The first-order valence-corrected chi connectivity index (χ1v) is 8.26. The monoisotopic (exact) mass is 278 g/mol. The van der Waals surface area contributed by atoms with Gasteiger partial charge in [-0.1, -0.05) is 0 Å². The minimum Gasteiger partial charge on any atom is -0.385 e. The van der Waals surface area contributed by atoms with Gasteiger partial charge in [-0.25, -0.2) is 12.7 Å². The number of sulfonamides is 1. The molecule has 1 N–H and O–H groups in total. The van der Waals surface area contributed by atoms with Gasteiger partial charge in [0.1, 0.15) is 0 Å². The van der Waals surface area contributed by atoms with Gasteiger partial charge in [-0.15, -0.1) is 0 Å². The molecule has 1 aliphatic rings. The molecule has 1 rings (SSSR count). The van der Waals surface area contributed by atoms with Gasteiger partial charge in [0.25, 0.3) is 0 Å². The van der Waals surface area contributed by atoms with Gasteiger partial charge in [-0.2, -0.15) is 0 Å². The summed E-state index contributed by atoms with van der Waals surface area (Å²) in [6, 6.07) is 0.363. The topological polar surface area (TPSA) is 58.6 Å². The van der Waals surface area contributed by atoms with E-state index in [-0.39, 0.29) is 5.75 Å². The van der Waals surface area contributed by atoms with Crippen molar-refractivity contribution in [3.63, 3.8) is 0 Å². The zero-order valence-electron chi connectivity index (χ0n) is 11.7. The van der Waals surface area contributed by atoms with E-state index < -0.39 is 10.0 Å². The third kappa shape index (κ3) is 4.50. The number of methoxy groups -OCH3 is 1. The molecule has 0 aromatic rings. The van der Waals surface area contributed by atoms with Gasteiger partial charge in [0.2, 0.25) is 10.0 Å². The van der Waals surface area contributed by atoms with E-state index in [1.807, 2.05) is 7.05 Å². The van der Waals surface area contributed by atoms with Crippen molar-refractivity contribution in [1.29, 1.82) is 0 Å². The van der Waals surface area contributed by atoms with E-state index in [0.717, 1.165) is 12.8 Å². The van der Waals surface area contributed by atoms with Crippen LogP contribution >= 0.6 is 0 Å². The Morgan fingerprint density at radius 3 is 2.83 bits per heavy atom. The van der Waals surface area contributed by atoms with Crippen LogP contribution in [0.5, 0.6) is 0 Å². The third-order valence-corrected chi connectivity index (χ3v) is 5.65. The van der Waals surface area contributed by atoms with Crippen LogP contribution in [-0.2, 0) is 14.8 Å². The molecule has 0 radical (unpaired) electrons. The van der Waals surface area contributed by atoms with Gasteiger partial charge >= 0.3 is 0 Å². The fourth-order valence-electron chi connectivity index (χ4n) is 2.39. The Balaban J connectivity index is 2.54. The predicted molar refractivity (Wildman–Crippen MR) is 73.1 cm³/mol. The second-order valence-electron chi connectivity index (χ2n) is 5.00. The first-order chi connectivity index (χ1) is 8.51. The first kappa shape index (κ1) is 15.9. The average Bonchev–Trinajstić information content (AvgIpc) is 2.38. The van der Waals surface area contributed by atoms with E-state index >= 15 is 0 Å². The molecule has 0 aliphatic carbocycles. The lowest BCUT2D eigenvalue weighted by molar-refractivity contribution is 0.197. The fourth-order valence-corrected chi connectivity index (χ4v) is 3.95. The van der Waals surface area contributed by atoms with Gasteiger partial charge in [-0.3, -0.25) is 0 Å². The number of nitrogens with zero attached hydrogens (tertiary/aromatic N) is 1. The maximum absolute atomic E-state index is 12.2. The highest BCUT2D eigenvalue weighted by molar-refractivity contribution is 7.89. The maximum atomic E-state index is 12.2. The van der Waals surface area contributed by atoms with Crippen LogP contribution in [0.2, 0.25) is 0 Å². The summed E-state index contributed by atoms with van der Waals surface area (Å²) in [5, 5.41) is 3.22. The molecule has 0 bridgehead atoms. The van der Waals surface area contributed by atoms with Crippen molar-refractivity contribution < 1.29 is 13.2 Å². The zero-order chi connectivity index (χ0) is 13.6. The molecule has 0 saturated carbocycles. The van der Waals surface area contributed by atoms with E-state index in [2.05, 4.69) is 12.2 Å². The first-order valence-electron chi connectivity index (χ1n) is 6.65. The third-order valence-electron chi connectivity index (χ3n) is 3.73. The highest BCUT2D eigenvalue weighted by atomic mass is 32.2. The fraction of sp³-hybridized carbons (Fsp3) is 1.00. The SMILES string of the molecule is CNC(C)C1CCCN(S(=O)(=O)CCCOC)C1. The van der Waals surface area contributed by atoms with Crippen molar-refractivity contribution >= 4 is 10.0 Å². The molecule has 1 saturated heterocycles. The minimum absolute atomic E-state index is 0.196. The lowest BCUT2D eigenvalue weighted by atomic mass is 9.93. The van der Waals surface area contributed by atoms with Crippen molar-refractivity contribution in [2.75, 3.05) is 39.6 Å². The van der Waals surface area contributed by atoms with E-state index in [1.165, 1.54) is 0 Å². The Kier molecular flexibility index (Phi) is 6.55. The molecule has 0 amide bonds. The number of ether oxygens (including phenoxy) is 1.